The lowest BCUT2D eigenvalue weighted by Gasteiger charge is -2.06. The smallest absolute Gasteiger partial charge is 0.292 e. The van der Waals surface area contributed by atoms with Crippen molar-refractivity contribution in [3.8, 4) is 5.75 Å². The molecule has 0 heterocycles. The third-order valence-electron chi connectivity index (χ3n) is 2.60. The summed E-state index contributed by atoms with van der Waals surface area (Å²) in [6.45, 7) is 3.38. The summed E-state index contributed by atoms with van der Waals surface area (Å²) < 4.78 is 0. The number of amides is 1. The largest absolute Gasteiger partial charge is 0.399 e. The molecular weight excluding hydrogens is 274 g/mol. The van der Waals surface area contributed by atoms with E-state index in [4.69, 9.17) is 4.84 Å². The maximum absolute atomic E-state index is 11.9. The van der Waals surface area contributed by atoms with Crippen molar-refractivity contribution < 1.29 is 19.3 Å². The Hall–Kier alpha value is -2.70. The molecule has 0 aliphatic heterocycles. The number of hydrogen-bond donors (Lipinski definition) is 1. The number of nitrogens with one attached hydrogen (secondary N) is 1. The SMILES string of the molecule is CNC(=O)C(=O)c1ccccc1O/N=C(C)/C(C)=N/OC. The van der Waals surface area contributed by atoms with E-state index >= 15 is 0 Å². The molecule has 7 nitrogen and oxygen atoms in total. The third-order valence-corrected chi connectivity index (χ3v) is 2.60. The summed E-state index contributed by atoms with van der Waals surface area (Å²) in [5.74, 6) is -1.22. The Bertz CT molecular complexity index is 594. The van der Waals surface area contributed by atoms with Gasteiger partial charge in [-0.2, -0.15) is 0 Å². The number of ketones is 1. The van der Waals surface area contributed by atoms with Gasteiger partial charge in [-0.15, -0.1) is 0 Å². The van der Waals surface area contributed by atoms with E-state index in [1.165, 1.54) is 20.2 Å². The molecule has 0 saturated heterocycles. The average molecular weight is 291 g/mol. The van der Waals surface area contributed by atoms with E-state index in [1.807, 2.05) is 0 Å². The molecule has 0 radical (unpaired) electrons. The summed E-state index contributed by atoms with van der Waals surface area (Å²) in [6, 6.07) is 6.36. The summed E-state index contributed by atoms with van der Waals surface area (Å²) in [5, 5.41) is 9.85. The van der Waals surface area contributed by atoms with Crippen LogP contribution in [0, 0.1) is 0 Å². The minimum absolute atomic E-state index is 0.134. The van der Waals surface area contributed by atoms with Crippen molar-refractivity contribution >= 4 is 23.1 Å². The molecule has 112 valence electrons. The van der Waals surface area contributed by atoms with Crippen molar-refractivity contribution in [3.05, 3.63) is 29.8 Å². The third kappa shape index (κ3) is 4.41. The normalized spacial score (nSPS) is 11.8. The first-order valence-corrected chi connectivity index (χ1v) is 6.16. The molecule has 1 amide bonds. The number of hydrogen-bond acceptors (Lipinski definition) is 6. The minimum Gasteiger partial charge on any atom is -0.399 e. The number of carbonyl (C=O) groups is 2. The number of rotatable bonds is 6. The molecule has 0 spiro atoms. The van der Waals surface area contributed by atoms with Gasteiger partial charge in [-0.1, -0.05) is 22.4 Å². The maximum Gasteiger partial charge on any atom is 0.292 e. The molecule has 1 aromatic carbocycles. The van der Waals surface area contributed by atoms with Crippen molar-refractivity contribution in [1.82, 2.24) is 5.32 Å². The lowest BCUT2D eigenvalue weighted by Crippen LogP contribution is -2.27. The van der Waals surface area contributed by atoms with Crippen molar-refractivity contribution in [2.45, 2.75) is 13.8 Å². The fraction of sp³-hybridized carbons (Fsp3) is 0.286. The van der Waals surface area contributed by atoms with Crippen LogP contribution in [0.25, 0.3) is 0 Å². The summed E-state index contributed by atoms with van der Waals surface area (Å²) in [6.07, 6.45) is 0. The van der Waals surface area contributed by atoms with Gasteiger partial charge in [0.25, 0.3) is 11.7 Å². The Morgan fingerprint density at radius 3 is 2.33 bits per heavy atom. The van der Waals surface area contributed by atoms with Crippen LogP contribution in [0.3, 0.4) is 0 Å². The summed E-state index contributed by atoms with van der Waals surface area (Å²) >= 11 is 0. The molecule has 0 unspecified atom stereocenters. The number of para-hydroxylation sites is 1. The Labute approximate surface area is 122 Å². The number of Topliss-reactive ketones (excluding diaryl/α,β-unsaturated/α-hetero) is 1. The van der Waals surface area contributed by atoms with Crippen LogP contribution in [0.1, 0.15) is 24.2 Å². The lowest BCUT2D eigenvalue weighted by molar-refractivity contribution is -0.116. The zero-order valence-electron chi connectivity index (χ0n) is 12.3. The van der Waals surface area contributed by atoms with E-state index < -0.39 is 11.7 Å². The predicted octanol–water partition coefficient (Wildman–Crippen LogP) is 1.39. The molecule has 1 N–H and O–H groups in total. The highest BCUT2D eigenvalue weighted by Crippen LogP contribution is 2.19. The predicted molar refractivity (Wildman–Crippen MR) is 78.7 cm³/mol. The first kappa shape index (κ1) is 16.4. The van der Waals surface area contributed by atoms with Crippen LogP contribution >= 0.6 is 0 Å². The maximum atomic E-state index is 11.9. The van der Waals surface area contributed by atoms with Gasteiger partial charge >= 0.3 is 0 Å². The Morgan fingerprint density at radius 1 is 1.10 bits per heavy atom. The van der Waals surface area contributed by atoms with Crippen LogP contribution in [0.15, 0.2) is 34.6 Å². The quantitative estimate of drug-likeness (QED) is 0.371. The van der Waals surface area contributed by atoms with Gasteiger partial charge in [-0.05, 0) is 26.0 Å². The van der Waals surface area contributed by atoms with Crippen LogP contribution in [0.4, 0.5) is 0 Å². The number of nitrogens with zero attached hydrogens (tertiary/aromatic N) is 2. The molecule has 21 heavy (non-hydrogen) atoms. The van der Waals surface area contributed by atoms with Gasteiger partial charge in [0.1, 0.15) is 18.5 Å². The molecular formula is C14H17N3O4. The van der Waals surface area contributed by atoms with Crippen molar-refractivity contribution in [2.24, 2.45) is 10.3 Å². The molecule has 0 bridgehead atoms. The minimum atomic E-state index is -0.719. The van der Waals surface area contributed by atoms with E-state index in [0.717, 1.165) is 0 Å². The summed E-state index contributed by atoms with van der Waals surface area (Å²) in [5.41, 5.74) is 1.15. The Kier molecular flexibility index (Phi) is 6.06. The molecule has 0 aliphatic rings. The van der Waals surface area contributed by atoms with E-state index in [2.05, 4.69) is 20.5 Å². The molecule has 0 aliphatic carbocycles. The van der Waals surface area contributed by atoms with Crippen LogP contribution in [-0.2, 0) is 9.63 Å². The second-order valence-corrected chi connectivity index (χ2v) is 4.03. The molecule has 0 fully saturated rings. The highest BCUT2D eigenvalue weighted by atomic mass is 16.6. The zero-order chi connectivity index (χ0) is 15.8. The number of benzene rings is 1. The van der Waals surface area contributed by atoms with E-state index in [0.29, 0.717) is 11.4 Å². The monoisotopic (exact) mass is 291 g/mol. The van der Waals surface area contributed by atoms with E-state index in [1.54, 1.807) is 32.0 Å². The molecule has 1 aromatic rings. The van der Waals surface area contributed by atoms with Gasteiger partial charge in [0.2, 0.25) is 0 Å². The first-order valence-electron chi connectivity index (χ1n) is 6.16. The van der Waals surface area contributed by atoms with E-state index in [9.17, 15) is 9.59 Å². The second-order valence-electron chi connectivity index (χ2n) is 4.03. The molecule has 7 heteroatoms. The average Bonchev–Trinajstić information content (AvgIpc) is 2.51. The van der Waals surface area contributed by atoms with Crippen molar-refractivity contribution in [1.29, 1.82) is 0 Å². The van der Waals surface area contributed by atoms with Gasteiger partial charge in [0.15, 0.2) is 5.75 Å². The topological polar surface area (TPSA) is 89.4 Å². The van der Waals surface area contributed by atoms with Gasteiger partial charge < -0.3 is 15.0 Å². The standard InChI is InChI=1S/C14H17N3O4/c1-9(16-20-4)10(2)17-21-12-8-6-5-7-11(12)13(18)14(19)15-3/h5-8H,1-4H3,(H,15,19)/b16-9+,17-10+. The van der Waals surface area contributed by atoms with Gasteiger partial charge in [0, 0.05) is 7.05 Å². The lowest BCUT2D eigenvalue weighted by atomic mass is 10.1. The second kappa shape index (κ2) is 7.78. The van der Waals surface area contributed by atoms with Crippen LogP contribution in [-0.4, -0.2) is 37.3 Å². The van der Waals surface area contributed by atoms with Gasteiger partial charge in [-0.25, -0.2) is 0 Å². The highest BCUT2D eigenvalue weighted by Gasteiger charge is 2.19. The zero-order valence-corrected chi connectivity index (χ0v) is 12.3. The van der Waals surface area contributed by atoms with Gasteiger partial charge in [0.05, 0.1) is 5.56 Å². The Balaban J connectivity index is 3.00. The summed E-state index contributed by atoms with van der Waals surface area (Å²) in [7, 11) is 2.81. The van der Waals surface area contributed by atoms with Crippen LogP contribution < -0.4 is 10.2 Å². The first-order chi connectivity index (χ1) is 10.0. The Morgan fingerprint density at radius 2 is 1.71 bits per heavy atom. The van der Waals surface area contributed by atoms with Gasteiger partial charge in [-0.3, -0.25) is 9.59 Å². The fourth-order valence-corrected chi connectivity index (χ4v) is 1.36. The fourth-order valence-electron chi connectivity index (χ4n) is 1.36. The number of likely N-dealkylation sites (N-methyl/N-ethyl adjacent to an activating group) is 1. The molecule has 1 rings (SSSR count). The molecule has 0 atom stereocenters. The number of oxime groups is 2. The van der Waals surface area contributed by atoms with Crippen molar-refractivity contribution in [2.75, 3.05) is 14.2 Å². The van der Waals surface area contributed by atoms with Crippen LogP contribution in [0.5, 0.6) is 5.75 Å². The molecule has 0 aromatic heterocycles. The number of carbonyl (C=O) groups excluding carboxylic acids is 2. The van der Waals surface area contributed by atoms with Crippen LogP contribution in [0.2, 0.25) is 0 Å². The van der Waals surface area contributed by atoms with Crippen molar-refractivity contribution in [3.63, 3.8) is 0 Å². The van der Waals surface area contributed by atoms with E-state index in [-0.39, 0.29) is 11.3 Å². The highest BCUT2D eigenvalue weighted by molar-refractivity contribution is 6.43. The summed E-state index contributed by atoms with van der Waals surface area (Å²) in [4.78, 5) is 33.2. The molecule has 0 saturated carbocycles.